The van der Waals surface area contributed by atoms with Gasteiger partial charge in [0, 0.05) is 15.8 Å². The third kappa shape index (κ3) is 5.32. The Labute approximate surface area is 168 Å². The van der Waals surface area contributed by atoms with Gasteiger partial charge in [-0.05, 0) is 35.9 Å². The number of benzene rings is 2. The zero-order chi connectivity index (χ0) is 20.8. The Bertz CT molecular complexity index is 1070. The van der Waals surface area contributed by atoms with Gasteiger partial charge in [0.25, 0.3) is 0 Å². The van der Waals surface area contributed by atoms with E-state index in [2.05, 4.69) is 10.6 Å². The first-order valence-corrected chi connectivity index (χ1v) is 9.30. The van der Waals surface area contributed by atoms with Gasteiger partial charge in [-0.25, -0.2) is 13.2 Å². The fourth-order valence-corrected chi connectivity index (χ4v) is 3.32. The number of anilines is 1. The molecule has 2 amide bonds. The third-order valence-electron chi connectivity index (χ3n) is 3.82. The van der Waals surface area contributed by atoms with Crippen molar-refractivity contribution in [2.75, 3.05) is 11.9 Å². The number of amides is 2. The standard InChI is InChI=1S/C21H15F3N2O2S/c22-15-8-9-16(21(24)20(15)23)26-19(28)12-25-18(27)11-7-14-6-10-17(29-14)13-4-2-1-3-5-13/h1-11H,12H2,(H,25,27)(H,26,28)/b11-7+. The number of thiophene rings is 1. The van der Waals surface area contributed by atoms with Gasteiger partial charge in [0.15, 0.2) is 17.5 Å². The Kier molecular flexibility index (Phi) is 6.46. The number of nitrogens with one attached hydrogen (secondary N) is 2. The van der Waals surface area contributed by atoms with E-state index in [1.165, 1.54) is 17.4 Å². The van der Waals surface area contributed by atoms with E-state index >= 15 is 0 Å². The van der Waals surface area contributed by atoms with Crippen LogP contribution in [0.5, 0.6) is 0 Å². The lowest BCUT2D eigenvalue weighted by atomic mass is 10.2. The molecule has 8 heteroatoms. The molecule has 0 aliphatic rings. The molecular formula is C21H15F3N2O2S. The molecule has 0 aliphatic carbocycles. The summed E-state index contributed by atoms with van der Waals surface area (Å²) in [5.74, 6) is -5.85. The minimum absolute atomic E-state index is 0.457. The molecule has 0 saturated heterocycles. The van der Waals surface area contributed by atoms with E-state index in [-0.39, 0.29) is 0 Å². The summed E-state index contributed by atoms with van der Waals surface area (Å²) in [6, 6.07) is 15.2. The molecule has 0 bridgehead atoms. The van der Waals surface area contributed by atoms with Crippen LogP contribution in [-0.2, 0) is 9.59 Å². The summed E-state index contributed by atoms with van der Waals surface area (Å²) in [6.45, 7) is -0.457. The van der Waals surface area contributed by atoms with E-state index in [0.717, 1.165) is 21.4 Å². The van der Waals surface area contributed by atoms with Crippen molar-refractivity contribution < 1.29 is 22.8 Å². The number of hydrogen-bond donors (Lipinski definition) is 2. The van der Waals surface area contributed by atoms with Crippen LogP contribution in [0.2, 0.25) is 0 Å². The molecule has 1 heterocycles. The number of carbonyl (C=O) groups excluding carboxylic acids is 2. The first-order valence-electron chi connectivity index (χ1n) is 8.48. The summed E-state index contributed by atoms with van der Waals surface area (Å²) in [5, 5.41) is 4.40. The Morgan fingerprint density at radius 1 is 0.931 bits per heavy atom. The van der Waals surface area contributed by atoms with Crippen LogP contribution in [0.1, 0.15) is 4.88 Å². The van der Waals surface area contributed by atoms with Gasteiger partial charge in [0.1, 0.15) is 0 Å². The van der Waals surface area contributed by atoms with Crippen LogP contribution in [0.4, 0.5) is 18.9 Å². The van der Waals surface area contributed by atoms with Gasteiger partial charge in [-0.3, -0.25) is 9.59 Å². The summed E-state index contributed by atoms with van der Waals surface area (Å²) in [7, 11) is 0. The predicted molar refractivity (Wildman–Crippen MR) is 107 cm³/mol. The van der Waals surface area contributed by atoms with Crippen molar-refractivity contribution in [3.05, 3.63) is 83.0 Å². The molecular weight excluding hydrogens is 401 g/mol. The third-order valence-corrected chi connectivity index (χ3v) is 4.92. The van der Waals surface area contributed by atoms with Crippen molar-refractivity contribution in [3.63, 3.8) is 0 Å². The van der Waals surface area contributed by atoms with Crippen LogP contribution in [0.3, 0.4) is 0 Å². The number of halogens is 3. The van der Waals surface area contributed by atoms with E-state index in [0.29, 0.717) is 6.07 Å². The fraction of sp³-hybridized carbons (Fsp3) is 0.0476. The molecule has 0 atom stereocenters. The summed E-state index contributed by atoms with van der Waals surface area (Å²) in [4.78, 5) is 25.5. The zero-order valence-corrected chi connectivity index (χ0v) is 15.7. The van der Waals surface area contributed by atoms with Gasteiger partial charge in [-0.2, -0.15) is 0 Å². The van der Waals surface area contributed by atoms with Crippen LogP contribution >= 0.6 is 11.3 Å². The summed E-state index contributed by atoms with van der Waals surface area (Å²) >= 11 is 1.50. The number of carbonyl (C=O) groups is 2. The van der Waals surface area contributed by atoms with E-state index < -0.39 is 41.5 Å². The molecule has 1 aromatic heterocycles. The molecule has 0 radical (unpaired) electrons. The summed E-state index contributed by atoms with van der Waals surface area (Å²) < 4.78 is 39.6. The van der Waals surface area contributed by atoms with Crippen molar-refractivity contribution in [1.82, 2.24) is 5.32 Å². The van der Waals surface area contributed by atoms with Gasteiger partial charge in [0.05, 0.1) is 12.2 Å². The van der Waals surface area contributed by atoms with Gasteiger partial charge < -0.3 is 10.6 Å². The minimum Gasteiger partial charge on any atom is -0.343 e. The lowest BCUT2D eigenvalue weighted by Gasteiger charge is -2.07. The molecule has 3 aromatic rings. The molecule has 0 spiro atoms. The second kappa shape index (κ2) is 9.20. The maximum absolute atomic E-state index is 13.5. The maximum Gasteiger partial charge on any atom is 0.244 e. The van der Waals surface area contributed by atoms with E-state index in [1.54, 1.807) is 6.08 Å². The maximum atomic E-state index is 13.5. The highest BCUT2D eigenvalue weighted by molar-refractivity contribution is 7.16. The van der Waals surface area contributed by atoms with Crippen molar-refractivity contribution in [2.45, 2.75) is 0 Å². The Balaban J connectivity index is 1.52. The highest BCUT2D eigenvalue weighted by Gasteiger charge is 2.15. The highest BCUT2D eigenvalue weighted by atomic mass is 32.1. The van der Waals surface area contributed by atoms with Crippen molar-refractivity contribution in [2.24, 2.45) is 0 Å². The molecule has 0 aliphatic heterocycles. The Morgan fingerprint density at radius 2 is 1.69 bits per heavy atom. The molecule has 0 fully saturated rings. The average Bonchev–Trinajstić information content (AvgIpc) is 3.21. The molecule has 0 unspecified atom stereocenters. The molecule has 148 valence electrons. The largest absolute Gasteiger partial charge is 0.343 e. The first kappa shape index (κ1) is 20.3. The summed E-state index contributed by atoms with van der Waals surface area (Å²) in [6.07, 6.45) is 2.88. The van der Waals surface area contributed by atoms with Crippen LogP contribution in [0.25, 0.3) is 16.5 Å². The minimum atomic E-state index is -1.68. The monoisotopic (exact) mass is 416 g/mol. The van der Waals surface area contributed by atoms with Crippen molar-refractivity contribution >= 4 is 34.9 Å². The van der Waals surface area contributed by atoms with E-state index in [4.69, 9.17) is 0 Å². The fourth-order valence-electron chi connectivity index (χ4n) is 2.40. The average molecular weight is 416 g/mol. The Morgan fingerprint density at radius 3 is 2.45 bits per heavy atom. The molecule has 4 nitrogen and oxygen atoms in total. The van der Waals surface area contributed by atoms with Gasteiger partial charge in [-0.1, -0.05) is 30.3 Å². The lowest BCUT2D eigenvalue weighted by Crippen LogP contribution is -2.32. The topological polar surface area (TPSA) is 58.2 Å². The first-order chi connectivity index (χ1) is 13.9. The molecule has 2 N–H and O–H groups in total. The molecule has 29 heavy (non-hydrogen) atoms. The second-order valence-electron chi connectivity index (χ2n) is 5.89. The van der Waals surface area contributed by atoms with E-state index in [1.807, 2.05) is 42.5 Å². The lowest BCUT2D eigenvalue weighted by molar-refractivity contribution is -0.121. The predicted octanol–water partition coefficient (Wildman–Crippen LogP) is 4.60. The number of rotatable bonds is 6. The van der Waals surface area contributed by atoms with E-state index in [9.17, 15) is 22.8 Å². The van der Waals surface area contributed by atoms with Crippen molar-refractivity contribution in [1.29, 1.82) is 0 Å². The van der Waals surface area contributed by atoms with Crippen LogP contribution in [0, 0.1) is 17.5 Å². The van der Waals surface area contributed by atoms with Crippen LogP contribution in [0.15, 0.2) is 60.7 Å². The number of hydrogen-bond acceptors (Lipinski definition) is 3. The van der Waals surface area contributed by atoms with Gasteiger partial charge in [0.2, 0.25) is 11.8 Å². The van der Waals surface area contributed by atoms with Crippen molar-refractivity contribution in [3.8, 4) is 10.4 Å². The van der Waals surface area contributed by atoms with Crippen LogP contribution in [-0.4, -0.2) is 18.4 Å². The highest BCUT2D eigenvalue weighted by Crippen LogP contribution is 2.28. The van der Waals surface area contributed by atoms with Gasteiger partial charge in [-0.15, -0.1) is 11.3 Å². The quantitative estimate of drug-likeness (QED) is 0.456. The van der Waals surface area contributed by atoms with Gasteiger partial charge >= 0.3 is 0 Å². The SMILES string of the molecule is O=C(/C=C/c1ccc(-c2ccccc2)s1)NCC(=O)Nc1ccc(F)c(F)c1F. The molecule has 0 saturated carbocycles. The zero-order valence-electron chi connectivity index (χ0n) is 14.9. The molecule has 3 rings (SSSR count). The Hall–Kier alpha value is -3.39. The summed E-state index contributed by atoms with van der Waals surface area (Å²) in [5.41, 5.74) is 0.563. The smallest absolute Gasteiger partial charge is 0.244 e. The second-order valence-corrected chi connectivity index (χ2v) is 7.01. The van der Waals surface area contributed by atoms with Crippen LogP contribution < -0.4 is 10.6 Å². The normalized spacial score (nSPS) is 10.9. The molecule has 2 aromatic carbocycles.